The van der Waals surface area contributed by atoms with Gasteiger partial charge >= 0.3 is 12.1 Å². The van der Waals surface area contributed by atoms with Crippen molar-refractivity contribution < 1.29 is 31.5 Å². The topological polar surface area (TPSA) is 74.7 Å². The fourth-order valence-electron chi connectivity index (χ4n) is 1.97. The summed E-state index contributed by atoms with van der Waals surface area (Å²) in [5.74, 6) is -1.27. The molecule has 0 aliphatic heterocycles. The summed E-state index contributed by atoms with van der Waals surface area (Å²) >= 11 is 0. The van der Waals surface area contributed by atoms with Crippen LogP contribution in [0.4, 0.5) is 18.9 Å². The molecule has 0 bridgehead atoms. The van der Waals surface area contributed by atoms with E-state index in [0.29, 0.717) is 12.5 Å². The van der Waals surface area contributed by atoms with E-state index in [2.05, 4.69) is 0 Å². The molecule has 0 spiro atoms. The number of sulfone groups is 1. The summed E-state index contributed by atoms with van der Waals surface area (Å²) in [6.45, 7) is 1.20. The summed E-state index contributed by atoms with van der Waals surface area (Å²) in [6.07, 6.45) is -3.54. The Hall–Kier alpha value is -1.77. The number of halogens is 3. The lowest BCUT2D eigenvalue weighted by Gasteiger charge is -2.26. The molecule has 0 aliphatic rings. The summed E-state index contributed by atoms with van der Waals surface area (Å²) in [5, 5.41) is 8.83. The minimum absolute atomic E-state index is 0.105. The standard InChI is InChI=1S/C13H16F3NO4S/c1-3-6-17(8-12(18)19)11-5-4-9(22(2,20)21)7-10(11)13(14,15)16/h4-5,7H,3,6,8H2,1-2H3,(H,18,19). The quantitative estimate of drug-likeness (QED) is 0.861. The van der Waals surface area contributed by atoms with Gasteiger partial charge in [0.25, 0.3) is 0 Å². The van der Waals surface area contributed by atoms with Crippen LogP contribution >= 0.6 is 0 Å². The van der Waals surface area contributed by atoms with Crippen LogP contribution in [0.1, 0.15) is 18.9 Å². The molecule has 0 fully saturated rings. The summed E-state index contributed by atoms with van der Waals surface area (Å²) in [4.78, 5) is 11.4. The van der Waals surface area contributed by atoms with Crippen LogP contribution in [-0.2, 0) is 20.8 Å². The molecule has 0 unspecified atom stereocenters. The Morgan fingerprint density at radius 3 is 2.32 bits per heavy atom. The molecule has 0 saturated carbocycles. The van der Waals surface area contributed by atoms with Gasteiger partial charge in [0.1, 0.15) is 6.54 Å². The van der Waals surface area contributed by atoms with Gasteiger partial charge in [0.2, 0.25) is 0 Å². The van der Waals surface area contributed by atoms with Crippen molar-refractivity contribution in [2.75, 3.05) is 24.2 Å². The highest BCUT2D eigenvalue weighted by atomic mass is 32.2. The first-order chi connectivity index (χ1) is 9.96. The Balaban J connectivity index is 3.48. The van der Waals surface area contributed by atoms with E-state index in [1.807, 2.05) is 0 Å². The molecule has 0 heterocycles. The maximum Gasteiger partial charge on any atom is 0.418 e. The monoisotopic (exact) mass is 339 g/mol. The molecule has 0 aromatic heterocycles. The number of rotatable bonds is 6. The van der Waals surface area contributed by atoms with Crippen molar-refractivity contribution in [1.82, 2.24) is 0 Å². The molecule has 1 N–H and O–H groups in total. The molecule has 124 valence electrons. The second-order valence-electron chi connectivity index (χ2n) is 4.76. The minimum atomic E-state index is -4.79. The third kappa shape index (κ3) is 4.62. The van der Waals surface area contributed by atoms with E-state index in [9.17, 15) is 26.4 Å². The molecule has 1 rings (SSSR count). The zero-order chi connectivity index (χ0) is 17.1. The van der Waals surface area contributed by atoms with Gasteiger partial charge in [0.15, 0.2) is 9.84 Å². The first-order valence-corrected chi connectivity index (χ1v) is 8.24. The van der Waals surface area contributed by atoms with E-state index in [4.69, 9.17) is 5.11 Å². The van der Waals surface area contributed by atoms with E-state index in [1.54, 1.807) is 6.92 Å². The molecule has 1 aromatic carbocycles. The first kappa shape index (κ1) is 18.3. The zero-order valence-corrected chi connectivity index (χ0v) is 12.8. The molecular formula is C13H16F3NO4S. The third-order valence-corrected chi connectivity index (χ3v) is 3.97. The van der Waals surface area contributed by atoms with Crippen LogP contribution in [0.2, 0.25) is 0 Å². The van der Waals surface area contributed by atoms with E-state index >= 15 is 0 Å². The van der Waals surface area contributed by atoms with Crippen molar-refractivity contribution >= 4 is 21.5 Å². The number of nitrogens with zero attached hydrogens (tertiary/aromatic N) is 1. The van der Waals surface area contributed by atoms with Gasteiger partial charge in [-0.3, -0.25) is 4.79 Å². The summed E-state index contributed by atoms with van der Waals surface area (Å²) in [5.41, 5.74) is -1.51. The Labute approximate surface area is 126 Å². The van der Waals surface area contributed by atoms with Gasteiger partial charge in [0, 0.05) is 18.5 Å². The summed E-state index contributed by atoms with van der Waals surface area (Å²) < 4.78 is 62.4. The predicted molar refractivity (Wildman–Crippen MR) is 74.7 cm³/mol. The highest BCUT2D eigenvalue weighted by Crippen LogP contribution is 2.38. The number of aliphatic carboxylic acids is 1. The minimum Gasteiger partial charge on any atom is -0.480 e. The Morgan fingerprint density at radius 2 is 1.91 bits per heavy atom. The van der Waals surface area contributed by atoms with Crippen molar-refractivity contribution in [2.24, 2.45) is 0 Å². The summed E-state index contributed by atoms with van der Waals surface area (Å²) in [7, 11) is -3.80. The predicted octanol–water partition coefficient (Wildman–Crippen LogP) is 2.41. The van der Waals surface area contributed by atoms with Crippen LogP contribution in [0.5, 0.6) is 0 Å². The molecule has 0 amide bonds. The van der Waals surface area contributed by atoms with Crippen molar-refractivity contribution in [1.29, 1.82) is 0 Å². The first-order valence-electron chi connectivity index (χ1n) is 6.35. The highest BCUT2D eigenvalue weighted by Gasteiger charge is 2.36. The number of carboxylic acid groups (broad SMARTS) is 1. The lowest BCUT2D eigenvalue weighted by molar-refractivity contribution is -0.138. The Kier molecular flexibility index (Phi) is 5.44. The molecule has 1 aromatic rings. The third-order valence-electron chi connectivity index (χ3n) is 2.86. The van der Waals surface area contributed by atoms with Crippen LogP contribution in [0.3, 0.4) is 0 Å². The average molecular weight is 339 g/mol. The maximum atomic E-state index is 13.2. The second-order valence-corrected chi connectivity index (χ2v) is 6.78. The molecule has 9 heteroatoms. The second kappa shape index (κ2) is 6.55. The van der Waals surface area contributed by atoms with Gasteiger partial charge in [0.05, 0.1) is 10.5 Å². The lowest BCUT2D eigenvalue weighted by atomic mass is 10.1. The number of benzene rings is 1. The van der Waals surface area contributed by atoms with Crippen LogP contribution in [-0.4, -0.2) is 38.8 Å². The smallest absolute Gasteiger partial charge is 0.418 e. The maximum absolute atomic E-state index is 13.2. The highest BCUT2D eigenvalue weighted by molar-refractivity contribution is 7.90. The molecule has 22 heavy (non-hydrogen) atoms. The van der Waals surface area contributed by atoms with Crippen molar-refractivity contribution in [2.45, 2.75) is 24.4 Å². The van der Waals surface area contributed by atoms with Crippen molar-refractivity contribution in [3.63, 3.8) is 0 Å². The fourth-order valence-corrected chi connectivity index (χ4v) is 2.61. The zero-order valence-electron chi connectivity index (χ0n) is 12.0. The molecule has 5 nitrogen and oxygen atoms in total. The Morgan fingerprint density at radius 1 is 1.32 bits per heavy atom. The lowest BCUT2D eigenvalue weighted by Crippen LogP contribution is -2.32. The molecule has 0 atom stereocenters. The number of carboxylic acids is 1. The van der Waals surface area contributed by atoms with Crippen LogP contribution < -0.4 is 4.90 Å². The number of anilines is 1. The van der Waals surface area contributed by atoms with E-state index in [1.165, 1.54) is 0 Å². The van der Waals surface area contributed by atoms with E-state index in [-0.39, 0.29) is 12.2 Å². The van der Waals surface area contributed by atoms with Gasteiger partial charge in [-0.2, -0.15) is 13.2 Å². The molecule has 0 aliphatic carbocycles. The normalized spacial score (nSPS) is 12.2. The van der Waals surface area contributed by atoms with Gasteiger partial charge < -0.3 is 10.0 Å². The molecule has 0 saturated heterocycles. The SMILES string of the molecule is CCCN(CC(=O)O)c1ccc(S(C)(=O)=O)cc1C(F)(F)F. The van der Waals surface area contributed by atoms with Crippen LogP contribution in [0.25, 0.3) is 0 Å². The number of alkyl halides is 3. The summed E-state index contributed by atoms with van der Waals surface area (Å²) in [6, 6.07) is 2.58. The van der Waals surface area contributed by atoms with Gasteiger partial charge in [-0.1, -0.05) is 6.92 Å². The largest absolute Gasteiger partial charge is 0.480 e. The fraction of sp³-hybridized carbons (Fsp3) is 0.462. The number of carbonyl (C=O) groups is 1. The van der Waals surface area contributed by atoms with E-state index < -0.39 is 39.0 Å². The molecule has 0 radical (unpaired) electrons. The van der Waals surface area contributed by atoms with Gasteiger partial charge in [-0.15, -0.1) is 0 Å². The molecular weight excluding hydrogens is 323 g/mol. The average Bonchev–Trinajstić information content (AvgIpc) is 2.35. The van der Waals surface area contributed by atoms with Crippen molar-refractivity contribution in [3.8, 4) is 0 Å². The van der Waals surface area contributed by atoms with Gasteiger partial charge in [-0.25, -0.2) is 8.42 Å². The van der Waals surface area contributed by atoms with Crippen LogP contribution in [0.15, 0.2) is 23.1 Å². The van der Waals surface area contributed by atoms with Crippen LogP contribution in [0, 0.1) is 0 Å². The van der Waals surface area contributed by atoms with E-state index in [0.717, 1.165) is 23.3 Å². The number of hydrogen-bond acceptors (Lipinski definition) is 4. The van der Waals surface area contributed by atoms with Gasteiger partial charge in [-0.05, 0) is 24.6 Å². The Bertz CT molecular complexity index is 656. The van der Waals surface area contributed by atoms with Crippen molar-refractivity contribution in [3.05, 3.63) is 23.8 Å². The number of hydrogen-bond donors (Lipinski definition) is 1.